The summed E-state index contributed by atoms with van der Waals surface area (Å²) in [5, 5.41) is 44.3. The molecule has 1 aromatic rings. The zero-order valence-electron chi connectivity index (χ0n) is 17.9. The number of hydrogen-bond donors (Lipinski definition) is 3. The van der Waals surface area contributed by atoms with Crippen LogP contribution in [0.4, 0.5) is 0 Å². The van der Waals surface area contributed by atoms with Gasteiger partial charge in [-0.3, -0.25) is 0 Å². The first-order valence-electron chi connectivity index (χ1n) is 11.1. The van der Waals surface area contributed by atoms with Crippen molar-refractivity contribution < 1.29 is 14.9 Å². The van der Waals surface area contributed by atoms with Crippen molar-refractivity contribution in [3.8, 4) is 6.07 Å². The van der Waals surface area contributed by atoms with E-state index < -0.39 is 12.2 Å². The SMILES string of the molecule is CCCCC(C)[C@H](O)C=C[C@@H]1[C@H]2CC(=C(C#N)CCCc3nn[nH]n3)O[C@H]2C[C@H]1O. The van der Waals surface area contributed by atoms with Gasteiger partial charge in [0.2, 0.25) is 0 Å². The van der Waals surface area contributed by atoms with Crippen molar-refractivity contribution in [2.75, 3.05) is 0 Å². The number of nitriles is 1. The highest BCUT2D eigenvalue weighted by Crippen LogP contribution is 2.46. The molecule has 1 saturated heterocycles. The third-order valence-corrected chi connectivity index (χ3v) is 6.42. The van der Waals surface area contributed by atoms with Crippen molar-refractivity contribution in [3.05, 3.63) is 29.3 Å². The number of aromatic nitrogens is 4. The molecular weight excluding hydrogens is 382 g/mol. The summed E-state index contributed by atoms with van der Waals surface area (Å²) in [6.45, 7) is 4.21. The van der Waals surface area contributed by atoms with Crippen molar-refractivity contribution in [3.63, 3.8) is 0 Å². The van der Waals surface area contributed by atoms with Crippen LogP contribution in [-0.2, 0) is 11.2 Å². The van der Waals surface area contributed by atoms with Crippen LogP contribution in [0.1, 0.15) is 64.6 Å². The van der Waals surface area contributed by atoms with Crippen molar-refractivity contribution >= 4 is 0 Å². The number of allylic oxidation sites excluding steroid dienone is 2. The highest BCUT2D eigenvalue weighted by molar-refractivity contribution is 5.28. The lowest BCUT2D eigenvalue weighted by Gasteiger charge is -2.18. The van der Waals surface area contributed by atoms with Gasteiger partial charge >= 0.3 is 0 Å². The largest absolute Gasteiger partial charge is 0.493 e. The van der Waals surface area contributed by atoms with Gasteiger partial charge in [0, 0.05) is 31.1 Å². The van der Waals surface area contributed by atoms with Gasteiger partial charge in [-0.05, 0) is 25.2 Å². The lowest BCUT2D eigenvalue weighted by Crippen LogP contribution is -2.20. The van der Waals surface area contributed by atoms with Gasteiger partial charge in [0.15, 0.2) is 5.82 Å². The maximum absolute atomic E-state index is 10.5. The van der Waals surface area contributed by atoms with E-state index >= 15 is 0 Å². The van der Waals surface area contributed by atoms with Crippen LogP contribution in [0.15, 0.2) is 23.5 Å². The molecule has 30 heavy (non-hydrogen) atoms. The molecule has 0 bridgehead atoms. The molecule has 3 N–H and O–H groups in total. The average molecular weight is 416 g/mol. The molecule has 2 fully saturated rings. The van der Waals surface area contributed by atoms with Crippen molar-refractivity contribution in [2.45, 2.75) is 83.5 Å². The number of ether oxygens (including phenoxy) is 1. The van der Waals surface area contributed by atoms with Crippen molar-refractivity contribution in [1.82, 2.24) is 20.6 Å². The Morgan fingerprint density at radius 1 is 1.43 bits per heavy atom. The Balaban J connectivity index is 1.59. The van der Waals surface area contributed by atoms with Gasteiger partial charge in [-0.2, -0.15) is 10.5 Å². The zero-order chi connectivity index (χ0) is 21.5. The fourth-order valence-corrected chi connectivity index (χ4v) is 4.51. The number of H-pyrrole nitrogens is 1. The maximum atomic E-state index is 10.5. The second kappa shape index (κ2) is 10.7. The summed E-state index contributed by atoms with van der Waals surface area (Å²) in [5.74, 6) is 1.68. The summed E-state index contributed by atoms with van der Waals surface area (Å²) >= 11 is 0. The molecule has 1 saturated carbocycles. The first kappa shape index (κ1) is 22.4. The third-order valence-electron chi connectivity index (χ3n) is 6.42. The van der Waals surface area contributed by atoms with E-state index in [2.05, 4.69) is 40.5 Å². The molecule has 6 atom stereocenters. The van der Waals surface area contributed by atoms with E-state index in [0.717, 1.165) is 31.4 Å². The Bertz CT molecular complexity index is 770. The van der Waals surface area contributed by atoms with Crippen LogP contribution in [0.3, 0.4) is 0 Å². The highest BCUT2D eigenvalue weighted by Gasteiger charge is 2.47. The fraction of sp³-hybridized carbons (Fsp3) is 0.727. The highest BCUT2D eigenvalue weighted by atomic mass is 16.5. The van der Waals surface area contributed by atoms with Gasteiger partial charge in [-0.1, -0.05) is 44.1 Å². The number of fused-ring (bicyclic) bond motifs is 1. The molecule has 8 nitrogen and oxygen atoms in total. The molecule has 2 aliphatic rings. The van der Waals surface area contributed by atoms with E-state index in [4.69, 9.17) is 4.74 Å². The summed E-state index contributed by atoms with van der Waals surface area (Å²) in [4.78, 5) is 0. The summed E-state index contributed by atoms with van der Waals surface area (Å²) in [5.41, 5.74) is 0.665. The molecule has 1 aliphatic heterocycles. The summed E-state index contributed by atoms with van der Waals surface area (Å²) in [6.07, 6.45) is 9.21. The van der Waals surface area contributed by atoms with E-state index in [0.29, 0.717) is 37.1 Å². The maximum Gasteiger partial charge on any atom is 0.174 e. The number of unbranched alkanes of at least 4 members (excludes halogenated alkanes) is 1. The quantitative estimate of drug-likeness (QED) is 0.396. The van der Waals surface area contributed by atoms with Gasteiger partial charge in [-0.25, -0.2) is 0 Å². The predicted molar refractivity (Wildman–Crippen MR) is 111 cm³/mol. The number of rotatable bonds is 10. The summed E-state index contributed by atoms with van der Waals surface area (Å²) in [6, 6.07) is 2.29. The van der Waals surface area contributed by atoms with Crippen LogP contribution in [-0.4, -0.2) is 49.1 Å². The smallest absolute Gasteiger partial charge is 0.174 e. The van der Waals surface area contributed by atoms with Crippen LogP contribution in [0, 0.1) is 29.1 Å². The second-order valence-electron chi connectivity index (χ2n) is 8.59. The van der Waals surface area contributed by atoms with Crippen LogP contribution in [0.2, 0.25) is 0 Å². The molecule has 0 radical (unpaired) electrons. The van der Waals surface area contributed by atoms with Crippen LogP contribution >= 0.6 is 0 Å². The molecule has 0 amide bonds. The van der Waals surface area contributed by atoms with Crippen LogP contribution in [0.25, 0.3) is 0 Å². The minimum atomic E-state index is -0.500. The minimum absolute atomic E-state index is 0.0557. The normalized spacial score (nSPS) is 29.4. The number of aromatic amines is 1. The number of nitrogens with zero attached hydrogens (tertiary/aromatic N) is 4. The number of aliphatic hydroxyl groups is 2. The van der Waals surface area contributed by atoms with E-state index in [1.165, 1.54) is 0 Å². The lowest BCUT2D eigenvalue weighted by molar-refractivity contribution is 0.110. The van der Waals surface area contributed by atoms with E-state index in [1.54, 1.807) is 0 Å². The monoisotopic (exact) mass is 415 g/mol. The standard InChI is InChI=1S/C22H33N5O3/c1-3-4-6-14(2)18(28)10-9-16-17-11-20(30-21(17)12-19(16)29)15(13-23)7-5-8-22-24-26-27-25-22/h9-10,14,16-19,21,28-29H,3-8,11-12H2,1-2H3,(H,24,25,26,27)/t14?,16-,17-,18-,19-,21+/m1/s1. The first-order chi connectivity index (χ1) is 14.5. The van der Waals surface area contributed by atoms with Crippen LogP contribution in [0.5, 0.6) is 0 Å². The third kappa shape index (κ3) is 5.46. The van der Waals surface area contributed by atoms with Crippen molar-refractivity contribution in [1.29, 1.82) is 5.26 Å². The zero-order valence-corrected chi connectivity index (χ0v) is 17.9. The molecule has 2 heterocycles. The fourth-order valence-electron chi connectivity index (χ4n) is 4.51. The molecule has 164 valence electrons. The van der Waals surface area contributed by atoms with Crippen LogP contribution < -0.4 is 0 Å². The molecule has 0 aromatic carbocycles. The molecule has 0 spiro atoms. The number of aliphatic hydroxyl groups excluding tert-OH is 2. The molecule has 3 rings (SSSR count). The van der Waals surface area contributed by atoms with Gasteiger partial charge in [0.1, 0.15) is 11.9 Å². The average Bonchev–Trinajstić information content (AvgIpc) is 3.45. The van der Waals surface area contributed by atoms with Gasteiger partial charge in [-0.15, -0.1) is 10.2 Å². The Hall–Kier alpha value is -2.24. The Labute approximate surface area is 178 Å². The topological polar surface area (TPSA) is 128 Å². The first-order valence-corrected chi connectivity index (χ1v) is 11.1. The minimum Gasteiger partial charge on any atom is -0.493 e. The Morgan fingerprint density at radius 3 is 2.97 bits per heavy atom. The molecule has 8 heteroatoms. The van der Waals surface area contributed by atoms with E-state index in [9.17, 15) is 15.5 Å². The molecule has 1 aromatic heterocycles. The Morgan fingerprint density at radius 2 is 2.27 bits per heavy atom. The number of nitrogens with one attached hydrogen (secondary N) is 1. The summed E-state index contributed by atoms with van der Waals surface area (Å²) < 4.78 is 6.09. The molecule has 1 aliphatic carbocycles. The second-order valence-corrected chi connectivity index (χ2v) is 8.59. The summed E-state index contributed by atoms with van der Waals surface area (Å²) in [7, 11) is 0. The predicted octanol–water partition coefficient (Wildman–Crippen LogP) is 2.83. The van der Waals surface area contributed by atoms with E-state index in [1.807, 2.05) is 12.2 Å². The van der Waals surface area contributed by atoms with Gasteiger partial charge in [0.25, 0.3) is 0 Å². The van der Waals surface area contributed by atoms with Gasteiger partial charge < -0.3 is 14.9 Å². The number of tetrazole rings is 1. The Kier molecular flexibility index (Phi) is 8.00. The van der Waals surface area contributed by atoms with Crippen molar-refractivity contribution in [2.24, 2.45) is 17.8 Å². The lowest BCUT2D eigenvalue weighted by atomic mass is 9.89. The van der Waals surface area contributed by atoms with Gasteiger partial charge in [0.05, 0.1) is 23.9 Å². The molecule has 1 unspecified atom stereocenters. The van der Waals surface area contributed by atoms with E-state index in [-0.39, 0.29) is 23.9 Å². The molecular formula is C22H33N5O3. The number of hydrogen-bond acceptors (Lipinski definition) is 7. The number of aryl methyl sites for hydroxylation is 1.